The third kappa shape index (κ3) is 6.20. The van der Waals surface area contributed by atoms with Crippen LogP contribution >= 0.6 is 0 Å². The van der Waals surface area contributed by atoms with E-state index < -0.39 is 22.5 Å². The maximum absolute atomic E-state index is 13.5. The molecule has 0 fully saturated rings. The van der Waals surface area contributed by atoms with Crippen LogP contribution in [0.25, 0.3) is 0 Å². The van der Waals surface area contributed by atoms with Gasteiger partial charge in [-0.2, -0.15) is 0 Å². The van der Waals surface area contributed by atoms with Gasteiger partial charge in [0.1, 0.15) is 30.4 Å². The number of ether oxygens (including phenoxy) is 3. The molecule has 0 aliphatic heterocycles. The number of rotatable bonds is 11. The maximum Gasteiger partial charge on any atom is 0.264 e. The molecule has 0 heterocycles. The molecular weight excluding hydrogens is 456 g/mol. The first-order chi connectivity index (χ1) is 16.3. The Morgan fingerprint density at radius 1 is 0.912 bits per heavy atom. The Morgan fingerprint density at radius 3 is 2.24 bits per heavy atom. The summed E-state index contributed by atoms with van der Waals surface area (Å²) in [6.07, 6.45) is 0. The van der Waals surface area contributed by atoms with E-state index in [1.807, 2.05) is 31.2 Å². The molecule has 1 N–H and O–H groups in total. The fraction of sp³-hybridized carbons (Fsp3) is 0.240. The van der Waals surface area contributed by atoms with Gasteiger partial charge in [0, 0.05) is 6.07 Å². The molecule has 9 heteroatoms. The van der Waals surface area contributed by atoms with Crippen LogP contribution in [-0.4, -0.2) is 48.2 Å². The quantitative estimate of drug-likeness (QED) is 0.419. The zero-order valence-electron chi connectivity index (χ0n) is 19.4. The summed E-state index contributed by atoms with van der Waals surface area (Å²) in [7, 11) is -1.17. The molecule has 0 spiro atoms. The maximum atomic E-state index is 13.5. The number of anilines is 1. The van der Waals surface area contributed by atoms with Crippen molar-refractivity contribution in [2.45, 2.75) is 11.8 Å². The van der Waals surface area contributed by atoms with Gasteiger partial charge in [0.2, 0.25) is 5.91 Å². The van der Waals surface area contributed by atoms with Crippen molar-refractivity contribution in [1.82, 2.24) is 5.32 Å². The van der Waals surface area contributed by atoms with Gasteiger partial charge in [-0.05, 0) is 43.3 Å². The van der Waals surface area contributed by atoms with Gasteiger partial charge in [-0.15, -0.1) is 0 Å². The van der Waals surface area contributed by atoms with Crippen molar-refractivity contribution in [3.8, 4) is 17.2 Å². The zero-order chi connectivity index (χ0) is 24.6. The van der Waals surface area contributed by atoms with Gasteiger partial charge in [-0.1, -0.05) is 35.9 Å². The van der Waals surface area contributed by atoms with Gasteiger partial charge >= 0.3 is 0 Å². The van der Waals surface area contributed by atoms with Gasteiger partial charge in [-0.25, -0.2) is 8.42 Å². The molecule has 34 heavy (non-hydrogen) atoms. The van der Waals surface area contributed by atoms with E-state index >= 15 is 0 Å². The molecule has 3 aromatic rings. The van der Waals surface area contributed by atoms with E-state index in [-0.39, 0.29) is 29.5 Å². The van der Waals surface area contributed by atoms with Crippen LogP contribution < -0.4 is 23.8 Å². The summed E-state index contributed by atoms with van der Waals surface area (Å²) >= 11 is 0. The van der Waals surface area contributed by atoms with Gasteiger partial charge in [0.05, 0.1) is 31.3 Å². The number of hydrogen-bond acceptors (Lipinski definition) is 6. The molecular formula is C25H28N2O6S. The predicted octanol–water partition coefficient (Wildman–Crippen LogP) is 3.40. The van der Waals surface area contributed by atoms with Crippen molar-refractivity contribution in [1.29, 1.82) is 0 Å². The molecule has 0 radical (unpaired) electrons. The van der Waals surface area contributed by atoms with E-state index in [1.165, 1.54) is 32.4 Å². The summed E-state index contributed by atoms with van der Waals surface area (Å²) in [5.41, 5.74) is 1.31. The molecule has 0 aromatic heterocycles. The smallest absolute Gasteiger partial charge is 0.264 e. The molecule has 0 aliphatic rings. The number of sulfonamides is 1. The molecule has 180 valence electrons. The highest BCUT2D eigenvalue weighted by Gasteiger charge is 2.29. The number of nitrogens with one attached hydrogen (secondary N) is 1. The largest absolute Gasteiger partial charge is 0.497 e. The van der Waals surface area contributed by atoms with Crippen molar-refractivity contribution in [3.05, 3.63) is 78.4 Å². The number of methoxy groups -OCH3 is 2. The molecule has 0 bridgehead atoms. The van der Waals surface area contributed by atoms with E-state index in [0.29, 0.717) is 11.5 Å². The SMILES string of the molecule is COc1ccc(OC)c(N(CC(=O)NCCOc2ccc(C)cc2)S(=O)(=O)c2ccccc2)c1. The van der Waals surface area contributed by atoms with E-state index in [4.69, 9.17) is 14.2 Å². The third-order valence-corrected chi connectivity index (χ3v) is 6.76. The number of aryl methyl sites for hydroxylation is 1. The number of hydrogen-bond donors (Lipinski definition) is 1. The molecule has 0 saturated carbocycles. The average molecular weight is 485 g/mol. The standard InChI is InChI=1S/C25H28N2O6S/c1-19-9-11-20(12-10-19)33-16-15-26-25(28)18-27(34(29,30)22-7-5-4-6-8-22)23-17-21(31-2)13-14-24(23)32-3/h4-14,17H,15-16,18H2,1-3H3,(H,26,28). The first kappa shape index (κ1) is 24.9. The molecule has 0 aliphatic carbocycles. The first-order valence-electron chi connectivity index (χ1n) is 10.6. The van der Waals surface area contributed by atoms with Crippen LogP contribution in [0.15, 0.2) is 77.7 Å². The lowest BCUT2D eigenvalue weighted by Gasteiger charge is -2.26. The Labute approximate surface area is 200 Å². The Kier molecular flexibility index (Phi) is 8.37. The van der Waals surface area contributed by atoms with Crippen molar-refractivity contribution in [2.75, 3.05) is 38.2 Å². The first-order valence-corrected chi connectivity index (χ1v) is 12.0. The van der Waals surface area contributed by atoms with E-state index in [0.717, 1.165) is 9.87 Å². The minimum absolute atomic E-state index is 0.0513. The molecule has 0 unspecified atom stereocenters. The summed E-state index contributed by atoms with van der Waals surface area (Å²) in [6, 6.07) is 20.2. The minimum Gasteiger partial charge on any atom is -0.497 e. The Bertz CT molecular complexity index is 1200. The summed E-state index contributed by atoms with van der Waals surface area (Å²) < 4.78 is 44.3. The second-order valence-corrected chi connectivity index (χ2v) is 9.24. The second kappa shape index (κ2) is 11.4. The lowest BCUT2D eigenvalue weighted by atomic mass is 10.2. The van der Waals surface area contributed by atoms with Crippen LogP contribution in [0.2, 0.25) is 0 Å². The molecule has 0 atom stereocenters. The Hall–Kier alpha value is -3.72. The summed E-state index contributed by atoms with van der Waals surface area (Å²) in [4.78, 5) is 12.8. The average Bonchev–Trinajstić information content (AvgIpc) is 2.86. The molecule has 3 aromatic carbocycles. The van der Waals surface area contributed by atoms with Crippen LogP contribution in [0, 0.1) is 6.92 Å². The third-order valence-electron chi connectivity index (χ3n) is 4.99. The van der Waals surface area contributed by atoms with Gasteiger partial charge in [0.25, 0.3) is 10.0 Å². The van der Waals surface area contributed by atoms with Crippen LogP contribution in [0.4, 0.5) is 5.69 Å². The van der Waals surface area contributed by atoms with E-state index in [1.54, 1.807) is 30.3 Å². The Morgan fingerprint density at radius 2 is 1.59 bits per heavy atom. The minimum atomic E-state index is -4.08. The fourth-order valence-electron chi connectivity index (χ4n) is 3.19. The lowest BCUT2D eigenvalue weighted by molar-refractivity contribution is -0.119. The number of carbonyl (C=O) groups is 1. The van der Waals surface area contributed by atoms with Crippen LogP contribution in [0.1, 0.15) is 5.56 Å². The molecule has 3 rings (SSSR count). The Balaban J connectivity index is 1.79. The summed E-state index contributed by atoms with van der Waals surface area (Å²) in [6.45, 7) is 1.98. The lowest BCUT2D eigenvalue weighted by Crippen LogP contribution is -2.42. The van der Waals surface area contributed by atoms with Crippen molar-refractivity contribution in [3.63, 3.8) is 0 Å². The van der Waals surface area contributed by atoms with Crippen molar-refractivity contribution in [2.24, 2.45) is 0 Å². The zero-order valence-corrected chi connectivity index (χ0v) is 20.2. The highest BCUT2D eigenvalue weighted by molar-refractivity contribution is 7.92. The predicted molar refractivity (Wildman–Crippen MR) is 130 cm³/mol. The number of carbonyl (C=O) groups excluding carboxylic acids is 1. The van der Waals surface area contributed by atoms with Crippen molar-refractivity contribution >= 4 is 21.6 Å². The van der Waals surface area contributed by atoms with Crippen LogP contribution in [-0.2, 0) is 14.8 Å². The second-order valence-electron chi connectivity index (χ2n) is 7.37. The monoisotopic (exact) mass is 484 g/mol. The summed E-state index contributed by atoms with van der Waals surface area (Å²) in [5.74, 6) is 0.915. The van der Waals surface area contributed by atoms with Gasteiger partial charge in [0.15, 0.2) is 0 Å². The van der Waals surface area contributed by atoms with E-state index in [9.17, 15) is 13.2 Å². The molecule has 0 saturated heterocycles. The topological polar surface area (TPSA) is 94.2 Å². The van der Waals surface area contributed by atoms with Crippen LogP contribution in [0.5, 0.6) is 17.2 Å². The molecule has 1 amide bonds. The highest BCUT2D eigenvalue weighted by atomic mass is 32.2. The number of benzene rings is 3. The molecule has 8 nitrogen and oxygen atoms in total. The fourth-order valence-corrected chi connectivity index (χ4v) is 4.64. The highest BCUT2D eigenvalue weighted by Crippen LogP contribution is 2.35. The number of nitrogens with zero attached hydrogens (tertiary/aromatic N) is 1. The normalized spacial score (nSPS) is 10.9. The van der Waals surface area contributed by atoms with Crippen molar-refractivity contribution < 1.29 is 27.4 Å². The summed E-state index contributed by atoms with van der Waals surface area (Å²) in [5, 5.41) is 2.71. The van der Waals surface area contributed by atoms with E-state index in [2.05, 4.69) is 5.32 Å². The van der Waals surface area contributed by atoms with Crippen LogP contribution in [0.3, 0.4) is 0 Å². The van der Waals surface area contributed by atoms with Gasteiger partial charge < -0.3 is 19.5 Å². The number of amides is 1. The van der Waals surface area contributed by atoms with Gasteiger partial charge in [-0.3, -0.25) is 9.10 Å².